The van der Waals surface area contributed by atoms with Gasteiger partial charge >= 0.3 is 0 Å². The molecule has 47 valence electrons. The van der Waals surface area contributed by atoms with E-state index in [9.17, 15) is 0 Å². The van der Waals surface area contributed by atoms with Crippen LogP contribution in [0.15, 0.2) is 0 Å². The monoisotopic (exact) mass is 132 g/mol. The SMILES string of the molecule is [CH2]CN1CCOCS1. The van der Waals surface area contributed by atoms with E-state index in [0.717, 1.165) is 25.6 Å². The van der Waals surface area contributed by atoms with Crippen molar-refractivity contribution >= 4 is 11.9 Å². The second-order valence-electron chi connectivity index (χ2n) is 1.58. The third-order valence-corrected chi connectivity index (χ3v) is 2.06. The Bertz CT molecular complexity index is 63.4. The average molecular weight is 132 g/mol. The molecule has 1 saturated heterocycles. The molecule has 1 aliphatic rings. The van der Waals surface area contributed by atoms with Crippen molar-refractivity contribution in [2.24, 2.45) is 0 Å². The van der Waals surface area contributed by atoms with Crippen molar-refractivity contribution in [3.63, 3.8) is 0 Å². The van der Waals surface area contributed by atoms with E-state index in [-0.39, 0.29) is 0 Å². The maximum atomic E-state index is 5.10. The number of rotatable bonds is 1. The Hall–Kier alpha value is 0.270. The molecule has 0 atom stereocenters. The molecule has 2 nitrogen and oxygen atoms in total. The van der Waals surface area contributed by atoms with E-state index in [1.807, 2.05) is 0 Å². The predicted octanol–water partition coefficient (Wildman–Crippen LogP) is 0.758. The summed E-state index contributed by atoms with van der Waals surface area (Å²) in [5.41, 5.74) is 0. The quantitative estimate of drug-likeness (QED) is 0.489. The lowest BCUT2D eigenvalue weighted by Crippen LogP contribution is -2.26. The lowest BCUT2D eigenvalue weighted by atomic mass is 10.6. The third kappa shape index (κ3) is 1.65. The minimum absolute atomic E-state index is 0.801. The van der Waals surface area contributed by atoms with Gasteiger partial charge in [-0.25, -0.2) is 4.31 Å². The van der Waals surface area contributed by atoms with Gasteiger partial charge in [0, 0.05) is 13.1 Å². The number of hydrogen-bond acceptors (Lipinski definition) is 3. The van der Waals surface area contributed by atoms with Crippen molar-refractivity contribution in [1.29, 1.82) is 0 Å². The average Bonchev–Trinajstić information content (AvgIpc) is 1.90. The molecule has 0 amide bonds. The van der Waals surface area contributed by atoms with Crippen LogP contribution in [0.25, 0.3) is 0 Å². The van der Waals surface area contributed by atoms with Gasteiger partial charge in [-0.1, -0.05) is 11.9 Å². The van der Waals surface area contributed by atoms with E-state index in [2.05, 4.69) is 11.2 Å². The highest BCUT2D eigenvalue weighted by molar-refractivity contribution is 7.96. The Balaban J connectivity index is 2.13. The summed E-state index contributed by atoms with van der Waals surface area (Å²) in [6.07, 6.45) is 0. The van der Waals surface area contributed by atoms with E-state index >= 15 is 0 Å². The van der Waals surface area contributed by atoms with E-state index in [0.29, 0.717) is 0 Å². The Morgan fingerprint density at radius 3 is 3.00 bits per heavy atom. The van der Waals surface area contributed by atoms with Crippen molar-refractivity contribution in [3.05, 3.63) is 6.92 Å². The second-order valence-corrected chi connectivity index (χ2v) is 2.59. The first-order valence-electron chi connectivity index (χ1n) is 2.68. The van der Waals surface area contributed by atoms with Crippen LogP contribution in [0.4, 0.5) is 0 Å². The van der Waals surface area contributed by atoms with Crippen molar-refractivity contribution in [1.82, 2.24) is 4.31 Å². The molecule has 0 aromatic heterocycles. The van der Waals surface area contributed by atoms with Crippen LogP contribution in [0.2, 0.25) is 0 Å². The summed E-state index contributed by atoms with van der Waals surface area (Å²) in [5, 5.41) is 0. The van der Waals surface area contributed by atoms with Gasteiger partial charge in [-0.3, -0.25) is 0 Å². The van der Waals surface area contributed by atoms with E-state index in [1.165, 1.54) is 0 Å². The Kier molecular flexibility index (Phi) is 2.66. The minimum Gasteiger partial charge on any atom is -0.368 e. The van der Waals surface area contributed by atoms with Gasteiger partial charge in [-0.2, -0.15) is 0 Å². The van der Waals surface area contributed by atoms with Crippen molar-refractivity contribution in [2.75, 3.05) is 25.6 Å². The molecule has 0 saturated carbocycles. The highest BCUT2D eigenvalue weighted by atomic mass is 32.2. The van der Waals surface area contributed by atoms with Gasteiger partial charge in [0.2, 0.25) is 0 Å². The van der Waals surface area contributed by atoms with Gasteiger partial charge in [0.1, 0.15) is 5.94 Å². The number of ether oxygens (including phenoxy) is 1. The normalized spacial score (nSPS) is 23.6. The molecule has 1 fully saturated rings. The fourth-order valence-corrected chi connectivity index (χ4v) is 1.25. The van der Waals surface area contributed by atoms with Crippen LogP contribution >= 0.6 is 11.9 Å². The summed E-state index contributed by atoms with van der Waals surface area (Å²) < 4.78 is 7.29. The molecule has 0 aromatic carbocycles. The van der Waals surface area contributed by atoms with Crippen LogP contribution in [0.3, 0.4) is 0 Å². The van der Waals surface area contributed by atoms with Crippen LogP contribution < -0.4 is 0 Å². The van der Waals surface area contributed by atoms with E-state index in [4.69, 9.17) is 4.74 Å². The first-order chi connectivity index (χ1) is 3.93. The summed E-state index contributed by atoms with van der Waals surface area (Å²) in [6.45, 7) is 6.53. The topological polar surface area (TPSA) is 12.5 Å². The highest BCUT2D eigenvalue weighted by Crippen LogP contribution is 2.12. The zero-order chi connectivity index (χ0) is 5.82. The summed E-state index contributed by atoms with van der Waals surface area (Å²) in [7, 11) is 0. The molecule has 0 spiro atoms. The number of nitrogens with zero attached hydrogens (tertiary/aromatic N) is 1. The molecular weight excluding hydrogens is 122 g/mol. The summed E-state index contributed by atoms with van der Waals surface area (Å²) in [4.78, 5) is 0. The molecule has 0 aliphatic carbocycles. The van der Waals surface area contributed by atoms with Crippen molar-refractivity contribution in [3.8, 4) is 0 Å². The van der Waals surface area contributed by atoms with Crippen molar-refractivity contribution in [2.45, 2.75) is 0 Å². The highest BCUT2D eigenvalue weighted by Gasteiger charge is 2.06. The predicted molar refractivity (Wildman–Crippen MR) is 35.3 cm³/mol. The standard InChI is InChI=1S/C5H10NOS/c1-2-6-3-4-7-5-8-6/h1-5H2. The Morgan fingerprint density at radius 1 is 1.75 bits per heavy atom. The van der Waals surface area contributed by atoms with Gasteiger partial charge in [0.05, 0.1) is 6.61 Å². The molecule has 1 heterocycles. The lowest BCUT2D eigenvalue weighted by Gasteiger charge is -2.23. The molecule has 0 bridgehead atoms. The van der Waals surface area contributed by atoms with E-state index in [1.54, 1.807) is 11.9 Å². The maximum Gasteiger partial charge on any atom is 0.107 e. The summed E-state index contributed by atoms with van der Waals surface area (Å²) in [6, 6.07) is 0. The smallest absolute Gasteiger partial charge is 0.107 e. The molecule has 0 N–H and O–H groups in total. The fourth-order valence-electron chi connectivity index (χ4n) is 0.578. The summed E-state index contributed by atoms with van der Waals surface area (Å²) in [5.74, 6) is 0.801. The van der Waals surface area contributed by atoms with Gasteiger partial charge in [0.15, 0.2) is 0 Å². The molecule has 3 heteroatoms. The van der Waals surface area contributed by atoms with E-state index < -0.39 is 0 Å². The van der Waals surface area contributed by atoms with Crippen molar-refractivity contribution < 1.29 is 4.74 Å². The zero-order valence-electron chi connectivity index (χ0n) is 4.80. The van der Waals surface area contributed by atoms with Crippen LogP contribution in [0.5, 0.6) is 0 Å². The van der Waals surface area contributed by atoms with Crippen LogP contribution in [0.1, 0.15) is 0 Å². The molecule has 8 heavy (non-hydrogen) atoms. The molecular formula is C5H10NOS. The first-order valence-corrected chi connectivity index (χ1v) is 3.62. The maximum absolute atomic E-state index is 5.10. The van der Waals surface area contributed by atoms with Crippen LogP contribution in [-0.2, 0) is 4.74 Å². The van der Waals surface area contributed by atoms with Crippen LogP contribution in [0, 0.1) is 6.92 Å². The third-order valence-electron chi connectivity index (χ3n) is 1.05. The van der Waals surface area contributed by atoms with Crippen LogP contribution in [-0.4, -0.2) is 29.9 Å². The minimum atomic E-state index is 0.801. The molecule has 0 unspecified atom stereocenters. The molecule has 0 aromatic rings. The first kappa shape index (κ1) is 6.39. The Morgan fingerprint density at radius 2 is 2.62 bits per heavy atom. The second kappa shape index (κ2) is 3.33. The van der Waals surface area contributed by atoms with Gasteiger partial charge in [0.25, 0.3) is 0 Å². The fraction of sp³-hybridized carbons (Fsp3) is 0.800. The molecule has 1 rings (SSSR count). The van der Waals surface area contributed by atoms with Gasteiger partial charge in [-0.15, -0.1) is 0 Å². The summed E-state index contributed by atoms with van der Waals surface area (Å²) >= 11 is 1.71. The molecule has 1 aliphatic heterocycles. The molecule has 1 radical (unpaired) electrons. The largest absolute Gasteiger partial charge is 0.368 e. The number of hydrogen-bond donors (Lipinski definition) is 0. The van der Waals surface area contributed by atoms with Gasteiger partial charge < -0.3 is 4.74 Å². The van der Waals surface area contributed by atoms with Gasteiger partial charge in [-0.05, 0) is 6.92 Å². The lowest BCUT2D eigenvalue weighted by molar-refractivity contribution is 0.151. The zero-order valence-corrected chi connectivity index (χ0v) is 5.62. The Labute approximate surface area is 54.3 Å².